The maximum Gasteiger partial charge on any atom is 0.138 e. The van der Waals surface area contributed by atoms with E-state index in [0.29, 0.717) is 6.04 Å². The number of anilines is 1. The molecule has 0 radical (unpaired) electrons. The predicted octanol–water partition coefficient (Wildman–Crippen LogP) is 3.65. The maximum absolute atomic E-state index is 4.24. The van der Waals surface area contributed by atoms with Gasteiger partial charge in [0.15, 0.2) is 0 Å². The lowest BCUT2D eigenvalue weighted by Gasteiger charge is -2.20. The molecule has 0 amide bonds. The van der Waals surface area contributed by atoms with Crippen molar-refractivity contribution in [1.29, 1.82) is 0 Å². The lowest BCUT2D eigenvalue weighted by Crippen LogP contribution is -2.19. The minimum Gasteiger partial charge on any atom is -0.381 e. The molecule has 2 aromatic rings. The molecule has 0 bridgehead atoms. The molecule has 4 heteroatoms. The molecule has 1 aliphatic carbocycles. The molecule has 0 aliphatic heterocycles. The Kier molecular flexibility index (Phi) is 4.00. The Labute approximate surface area is 120 Å². The molecular formula is C16H22N4. The summed E-state index contributed by atoms with van der Waals surface area (Å²) in [6.45, 7) is 2.37. The summed E-state index contributed by atoms with van der Waals surface area (Å²) in [7, 11) is 0. The number of nitrogens with one attached hydrogen (secondary N) is 1. The van der Waals surface area contributed by atoms with Gasteiger partial charge in [0, 0.05) is 6.04 Å². The van der Waals surface area contributed by atoms with Crippen molar-refractivity contribution >= 4 is 5.69 Å². The summed E-state index contributed by atoms with van der Waals surface area (Å²) < 4.78 is 1.82. The van der Waals surface area contributed by atoms with Gasteiger partial charge in [-0.1, -0.05) is 31.9 Å². The summed E-state index contributed by atoms with van der Waals surface area (Å²) in [6.07, 6.45) is 9.85. The van der Waals surface area contributed by atoms with Gasteiger partial charge in [-0.3, -0.25) is 0 Å². The molecule has 1 heterocycles. The fourth-order valence-corrected chi connectivity index (χ4v) is 2.98. The molecule has 1 fully saturated rings. The van der Waals surface area contributed by atoms with Crippen molar-refractivity contribution in [2.24, 2.45) is 5.92 Å². The largest absolute Gasteiger partial charge is 0.381 e. The topological polar surface area (TPSA) is 42.7 Å². The minimum atomic E-state index is 0.574. The smallest absolute Gasteiger partial charge is 0.138 e. The van der Waals surface area contributed by atoms with E-state index in [1.165, 1.54) is 32.1 Å². The van der Waals surface area contributed by atoms with Gasteiger partial charge >= 0.3 is 0 Å². The molecule has 3 rings (SSSR count). The molecule has 1 aromatic carbocycles. The van der Waals surface area contributed by atoms with E-state index in [-0.39, 0.29) is 0 Å². The van der Waals surface area contributed by atoms with Crippen molar-refractivity contribution in [3.63, 3.8) is 0 Å². The zero-order valence-corrected chi connectivity index (χ0v) is 12.0. The highest BCUT2D eigenvalue weighted by atomic mass is 15.3. The van der Waals surface area contributed by atoms with Crippen LogP contribution in [0.25, 0.3) is 5.69 Å². The second kappa shape index (κ2) is 6.07. The highest BCUT2D eigenvalue weighted by Crippen LogP contribution is 2.27. The van der Waals surface area contributed by atoms with Crippen LogP contribution in [0.1, 0.15) is 39.0 Å². The first-order chi connectivity index (χ1) is 9.83. The Bertz CT molecular complexity index is 535. The van der Waals surface area contributed by atoms with E-state index in [4.69, 9.17) is 0 Å². The summed E-state index contributed by atoms with van der Waals surface area (Å²) in [4.78, 5) is 4.04. The van der Waals surface area contributed by atoms with E-state index >= 15 is 0 Å². The first-order valence-corrected chi connectivity index (χ1v) is 7.53. The van der Waals surface area contributed by atoms with Gasteiger partial charge < -0.3 is 5.32 Å². The third-order valence-electron chi connectivity index (χ3n) is 4.19. The number of nitrogens with zero attached hydrogens (tertiary/aromatic N) is 3. The standard InChI is InChI=1S/C16H22N4/c1-13-5-4-6-14(10-9-13)19-15-7-2-3-8-16(15)20-12-17-11-18-20/h2-3,7-8,11-14,19H,4-6,9-10H2,1H3. The first kappa shape index (κ1) is 13.2. The zero-order chi connectivity index (χ0) is 13.8. The van der Waals surface area contributed by atoms with Crippen LogP contribution in [0.15, 0.2) is 36.9 Å². The zero-order valence-electron chi connectivity index (χ0n) is 12.0. The van der Waals surface area contributed by atoms with Crippen molar-refractivity contribution < 1.29 is 0 Å². The summed E-state index contributed by atoms with van der Waals surface area (Å²) in [5.74, 6) is 0.868. The fourth-order valence-electron chi connectivity index (χ4n) is 2.98. The average Bonchev–Trinajstić information content (AvgIpc) is 2.91. The molecule has 106 valence electrons. The normalized spacial score (nSPS) is 23.2. The van der Waals surface area contributed by atoms with Crippen LogP contribution in [0.3, 0.4) is 0 Å². The highest BCUT2D eigenvalue weighted by Gasteiger charge is 2.17. The van der Waals surface area contributed by atoms with Gasteiger partial charge in [0.2, 0.25) is 0 Å². The van der Waals surface area contributed by atoms with Gasteiger partial charge in [-0.05, 0) is 37.3 Å². The van der Waals surface area contributed by atoms with Crippen LogP contribution in [-0.4, -0.2) is 20.8 Å². The highest BCUT2D eigenvalue weighted by molar-refractivity contribution is 5.60. The molecule has 2 atom stereocenters. The quantitative estimate of drug-likeness (QED) is 0.866. The van der Waals surface area contributed by atoms with Crippen molar-refractivity contribution in [2.45, 2.75) is 45.1 Å². The summed E-state index contributed by atoms with van der Waals surface area (Å²) >= 11 is 0. The number of benzene rings is 1. The summed E-state index contributed by atoms with van der Waals surface area (Å²) in [6, 6.07) is 8.89. The lowest BCUT2D eigenvalue weighted by molar-refractivity contribution is 0.502. The predicted molar refractivity (Wildman–Crippen MR) is 81.0 cm³/mol. The molecule has 1 N–H and O–H groups in total. The molecule has 1 aromatic heterocycles. The molecule has 4 nitrogen and oxygen atoms in total. The number of hydrogen-bond acceptors (Lipinski definition) is 3. The second-order valence-corrected chi connectivity index (χ2v) is 5.81. The van der Waals surface area contributed by atoms with E-state index in [2.05, 4.69) is 40.5 Å². The van der Waals surface area contributed by atoms with Crippen molar-refractivity contribution in [2.75, 3.05) is 5.32 Å². The van der Waals surface area contributed by atoms with Gasteiger partial charge in [-0.15, -0.1) is 0 Å². The van der Waals surface area contributed by atoms with Crippen molar-refractivity contribution in [1.82, 2.24) is 14.8 Å². The lowest BCUT2D eigenvalue weighted by atomic mass is 10.0. The van der Waals surface area contributed by atoms with E-state index < -0.39 is 0 Å². The van der Waals surface area contributed by atoms with E-state index in [1.54, 1.807) is 12.7 Å². The SMILES string of the molecule is CC1CCCC(Nc2ccccc2-n2cncn2)CC1. The van der Waals surface area contributed by atoms with E-state index in [0.717, 1.165) is 17.3 Å². The summed E-state index contributed by atoms with van der Waals surface area (Å²) in [5.41, 5.74) is 2.22. The Morgan fingerprint density at radius 1 is 1.15 bits per heavy atom. The van der Waals surface area contributed by atoms with Crippen LogP contribution in [-0.2, 0) is 0 Å². The van der Waals surface area contributed by atoms with Crippen LogP contribution >= 0.6 is 0 Å². The first-order valence-electron chi connectivity index (χ1n) is 7.53. The molecule has 0 spiro atoms. The Balaban J connectivity index is 1.77. The maximum atomic E-state index is 4.24. The third kappa shape index (κ3) is 3.00. The average molecular weight is 270 g/mol. The monoisotopic (exact) mass is 270 g/mol. The van der Waals surface area contributed by atoms with Gasteiger partial charge in [-0.2, -0.15) is 5.10 Å². The van der Waals surface area contributed by atoms with Gasteiger partial charge in [0.25, 0.3) is 0 Å². The minimum absolute atomic E-state index is 0.574. The van der Waals surface area contributed by atoms with Crippen molar-refractivity contribution in [3.05, 3.63) is 36.9 Å². The molecule has 1 aliphatic rings. The second-order valence-electron chi connectivity index (χ2n) is 5.81. The number of para-hydroxylation sites is 2. The van der Waals surface area contributed by atoms with Crippen LogP contribution < -0.4 is 5.32 Å². The Morgan fingerprint density at radius 2 is 2.05 bits per heavy atom. The molecule has 1 saturated carbocycles. The fraction of sp³-hybridized carbons (Fsp3) is 0.500. The van der Waals surface area contributed by atoms with Gasteiger partial charge in [-0.25, -0.2) is 9.67 Å². The number of aromatic nitrogens is 3. The van der Waals surface area contributed by atoms with Crippen LogP contribution in [0.2, 0.25) is 0 Å². The van der Waals surface area contributed by atoms with Gasteiger partial charge in [0.05, 0.1) is 11.4 Å². The number of rotatable bonds is 3. The van der Waals surface area contributed by atoms with Gasteiger partial charge in [0.1, 0.15) is 12.7 Å². The van der Waals surface area contributed by atoms with Crippen LogP contribution in [0.5, 0.6) is 0 Å². The molecule has 20 heavy (non-hydrogen) atoms. The summed E-state index contributed by atoms with van der Waals surface area (Å²) in [5, 5.41) is 7.95. The van der Waals surface area contributed by atoms with E-state index in [9.17, 15) is 0 Å². The van der Waals surface area contributed by atoms with E-state index in [1.807, 2.05) is 10.7 Å². The molecule has 2 unspecified atom stereocenters. The van der Waals surface area contributed by atoms with Crippen molar-refractivity contribution in [3.8, 4) is 5.69 Å². The molecular weight excluding hydrogens is 248 g/mol. The van der Waals surface area contributed by atoms with Crippen LogP contribution in [0.4, 0.5) is 5.69 Å². The molecule has 0 saturated heterocycles. The Hall–Kier alpha value is -1.84. The number of hydrogen-bond donors (Lipinski definition) is 1. The Morgan fingerprint density at radius 3 is 2.90 bits per heavy atom. The third-order valence-corrected chi connectivity index (χ3v) is 4.19. The van der Waals surface area contributed by atoms with Crippen LogP contribution in [0, 0.1) is 5.92 Å².